The average Bonchev–Trinajstić information content (AvgIpc) is 2.45. The lowest BCUT2D eigenvalue weighted by molar-refractivity contribution is 0.0143. The fraction of sp³-hybridized carbons (Fsp3) is 0.905. The molecular weight excluding hydrogens is 266 g/mol. The molecule has 1 heteroatoms. The third-order valence-corrected chi connectivity index (χ3v) is 8.03. The summed E-state index contributed by atoms with van der Waals surface area (Å²) in [4.78, 5) is 0. The first kappa shape index (κ1) is 15.2. The Balaban J connectivity index is 1.79. The van der Waals surface area contributed by atoms with Crippen molar-refractivity contribution in [3.8, 4) is 0 Å². The molecule has 0 radical (unpaired) electrons. The van der Waals surface area contributed by atoms with Gasteiger partial charge in [0, 0.05) is 0 Å². The maximum atomic E-state index is 4.92. The van der Waals surface area contributed by atoms with Gasteiger partial charge in [-0.3, -0.25) is 0 Å². The Hall–Kier alpha value is -0.300. The third-order valence-electron chi connectivity index (χ3n) is 8.03. The molecule has 4 aliphatic rings. The molecule has 6 atom stereocenters. The van der Waals surface area contributed by atoms with Crippen molar-refractivity contribution in [2.75, 3.05) is 7.05 Å². The highest BCUT2D eigenvalue weighted by Gasteiger charge is 2.53. The molecule has 0 unspecified atom stereocenters. The van der Waals surface area contributed by atoms with E-state index < -0.39 is 0 Å². The van der Waals surface area contributed by atoms with Crippen LogP contribution in [-0.4, -0.2) is 12.6 Å². The van der Waals surface area contributed by atoms with Crippen LogP contribution in [0, 0.1) is 35.0 Å². The van der Waals surface area contributed by atoms with E-state index in [0.717, 1.165) is 29.6 Å². The van der Waals surface area contributed by atoms with Gasteiger partial charge in [0.1, 0.15) is 0 Å². The minimum atomic E-state index is 0.258. The zero-order chi connectivity index (χ0) is 15.7. The number of rotatable bonds is 1. The monoisotopic (exact) mass is 300 g/mol. The molecule has 0 aromatic carbocycles. The zero-order valence-corrected chi connectivity index (χ0v) is 15.3. The Morgan fingerprint density at radius 1 is 1.14 bits per heavy atom. The molecule has 124 valence electrons. The molecular formula is C21H34N-. The van der Waals surface area contributed by atoms with E-state index in [9.17, 15) is 0 Å². The Morgan fingerprint density at radius 3 is 2.64 bits per heavy atom. The molecule has 0 aliphatic heterocycles. The summed E-state index contributed by atoms with van der Waals surface area (Å²) in [7, 11) is 2.08. The zero-order valence-electron chi connectivity index (χ0n) is 15.3. The highest BCUT2D eigenvalue weighted by atomic mass is 15.0. The van der Waals surface area contributed by atoms with Gasteiger partial charge in [-0.25, -0.2) is 0 Å². The number of hydrogen-bond donors (Lipinski definition) is 0. The van der Waals surface area contributed by atoms with Crippen LogP contribution in [0.3, 0.4) is 0 Å². The summed E-state index contributed by atoms with van der Waals surface area (Å²) < 4.78 is 0. The van der Waals surface area contributed by atoms with Gasteiger partial charge in [0.25, 0.3) is 0 Å². The lowest BCUT2D eigenvalue weighted by Crippen LogP contribution is -2.53. The molecule has 0 heterocycles. The predicted octanol–water partition coefficient (Wildman–Crippen LogP) is 5.96. The van der Waals surface area contributed by atoms with E-state index in [1.165, 1.54) is 44.9 Å². The van der Waals surface area contributed by atoms with Crippen molar-refractivity contribution < 1.29 is 0 Å². The minimum absolute atomic E-state index is 0.258. The minimum Gasteiger partial charge on any atom is -0.659 e. The van der Waals surface area contributed by atoms with Gasteiger partial charge >= 0.3 is 0 Å². The van der Waals surface area contributed by atoms with Crippen LogP contribution in [-0.2, 0) is 0 Å². The highest BCUT2D eigenvalue weighted by molar-refractivity contribution is 5.34. The fourth-order valence-corrected chi connectivity index (χ4v) is 7.08. The lowest BCUT2D eigenvalue weighted by Gasteiger charge is -2.64. The molecule has 1 nitrogen and oxygen atoms in total. The second-order valence-corrected chi connectivity index (χ2v) is 9.97. The summed E-state index contributed by atoms with van der Waals surface area (Å²) in [5.41, 5.74) is 4.65. The second-order valence-electron chi connectivity index (χ2n) is 9.97. The fourth-order valence-electron chi connectivity index (χ4n) is 7.08. The first-order chi connectivity index (χ1) is 10.3. The molecule has 2 fully saturated rings. The van der Waals surface area contributed by atoms with Crippen LogP contribution in [0.25, 0.3) is 5.32 Å². The van der Waals surface area contributed by atoms with Gasteiger partial charge in [0.05, 0.1) is 0 Å². The predicted molar refractivity (Wildman–Crippen MR) is 93.9 cm³/mol. The van der Waals surface area contributed by atoms with Crippen molar-refractivity contribution in [3.05, 3.63) is 16.5 Å². The summed E-state index contributed by atoms with van der Waals surface area (Å²) in [6.45, 7) is 10.0. The van der Waals surface area contributed by atoms with E-state index in [4.69, 9.17) is 5.32 Å². The van der Waals surface area contributed by atoms with Crippen LogP contribution in [0.2, 0.25) is 0 Å². The molecule has 0 amide bonds. The topological polar surface area (TPSA) is 14.1 Å². The van der Waals surface area contributed by atoms with E-state index in [1.54, 1.807) is 0 Å². The largest absolute Gasteiger partial charge is 0.659 e. The normalized spacial score (nSPS) is 49.8. The smallest absolute Gasteiger partial charge is 0.0150 e. The van der Waals surface area contributed by atoms with Crippen LogP contribution in [0.5, 0.6) is 0 Å². The van der Waals surface area contributed by atoms with Crippen molar-refractivity contribution in [1.82, 2.24) is 0 Å². The molecule has 4 rings (SSSR count). The van der Waals surface area contributed by atoms with Crippen molar-refractivity contribution in [1.29, 1.82) is 0 Å². The van der Waals surface area contributed by atoms with Crippen molar-refractivity contribution in [3.63, 3.8) is 0 Å². The van der Waals surface area contributed by atoms with Gasteiger partial charge in [-0.1, -0.05) is 51.7 Å². The Labute approximate surface area is 137 Å². The highest BCUT2D eigenvalue weighted by Crippen LogP contribution is 2.63. The number of hydrogen-bond acceptors (Lipinski definition) is 0. The molecule has 0 saturated heterocycles. The van der Waals surface area contributed by atoms with Crippen LogP contribution < -0.4 is 0 Å². The van der Waals surface area contributed by atoms with Gasteiger partial charge in [0.15, 0.2) is 0 Å². The van der Waals surface area contributed by atoms with E-state index in [2.05, 4.69) is 34.7 Å². The summed E-state index contributed by atoms with van der Waals surface area (Å²) in [5, 5.41) is 4.92. The quantitative estimate of drug-likeness (QED) is 0.531. The first-order valence-electron chi connectivity index (χ1n) is 9.67. The van der Waals surface area contributed by atoms with Gasteiger partial charge in [0.2, 0.25) is 0 Å². The summed E-state index contributed by atoms with van der Waals surface area (Å²) in [6.07, 6.45) is 9.82. The average molecular weight is 301 g/mol. The maximum Gasteiger partial charge on any atom is -0.0150 e. The first-order valence-corrected chi connectivity index (χ1v) is 9.67. The van der Waals surface area contributed by atoms with Gasteiger partial charge < -0.3 is 5.32 Å². The second kappa shape index (κ2) is 4.85. The summed E-state index contributed by atoms with van der Waals surface area (Å²) >= 11 is 0. The molecule has 0 aromatic rings. The number of allylic oxidation sites excluding steroid dienone is 2. The third kappa shape index (κ3) is 2.07. The van der Waals surface area contributed by atoms with Crippen LogP contribution in [0.15, 0.2) is 11.1 Å². The van der Waals surface area contributed by atoms with Gasteiger partial charge in [-0.2, -0.15) is 7.05 Å². The molecule has 2 saturated carbocycles. The maximum absolute atomic E-state index is 4.92. The summed E-state index contributed by atoms with van der Waals surface area (Å²) in [6, 6.07) is 0. The van der Waals surface area contributed by atoms with Crippen molar-refractivity contribution in [2.24, 2.45) is 35.0 Å². The molecule has 22 heavy (non-hydrogen) atoms. The van der Waals surface area contributed by atoms with E-state index in [0.29, 0.717) is 5.41 Å². The van der Waals surface area contributed by atoms with E-state index in [-0.39, 0.29) is 5.54 Å². The Morgan fingerprint density at radius 2 is 1.91 bits per heavy atom. The molecule has 4 aliphatic carbocycles. The lowest BCUT2D eigenvalue weighted by atomic mass is 9.46. The van der Waals surface area contributed by atoms with Crippen LogP contribution >= 0.6 is 0 Å². The van der Waals surface area contributed by atoms with Gasteiger partial charge in [-0.05, 0) is 67.1 Å². The van der Waals surface area contributed by atoms with Gasteiger partial charge in [-0.15, -0.1) is 5.54 Å². The number of nitrogens with zero attached hydrogens (tertiary/aromatic N) is 1. The SMILES string of the molecule is C[N-][C@@]1(C)CC[C@H]2[C@H]3C4=C(CC[C@H]31)CC(C)(C)C[C@@H]4C[C@@H]2C. The molecule has 0 aromatic heterocycles. The van der Waals surface area contributed by atoms with E-state index >= 15 is 0 Å². The van der Waals surface area contributed by atoms with Crippen LogP contribution in [0.4, 0.5) is 0 Å². The molecule has 0 N–H and O–H groups in total. The van der Waals surface area contributed by atoms with E-state index in [1.807, 2.05) is 11.1 Å². The standard InChI is InChI=1S/C21H34N/c1-13-10-15-12-20(2,3)11-14-6-7-17-19(18(14)15)16(13)8-9-21(17,4)22-5/h13,15-17,19H,6-12H2,1-5H3/q-1/t13-,15-,16+,17+,19+,21-/m0/s1. The Bertz CT molecular complexity index is 502. The van der Waals surface area contributed by atoms with Crippen molar-refractivity contribution in [2.45, 2.75) is 78.2 Å². The Kier molecular flexibility index (Phi) is 3.36. The van der Waals surface area contributed by atoms with Crippen LogP contribution in [0.1, 0.15) is 72.6 Å². The molecule has 0 spiro atoms. The molecule has 0 bridgehead atoms. The summed E-state index contributed by atoms with van der Waals surface area (Å²) in [5.74, 6) is 4.51. The van der Waals surface area contributed by atoms with Crippen molar-refractivity contribution >= 4 is 0 Å².